The Morgan fingerprint density at radius 3 is 2.38 bits per heavy atom. The second-order valence-corrected chi connectivity index (χ2v) is 10.0. The number of nitrogens with zero attached hydrogens (tertiary/aromatic N) is 6. The van der Waals surface area contributed by atoms with Gasteiger partial charge in [-0.25, -0.2) is 9.78 Å². The number of anilines is 1. The molecular weight excluding hydrogens is 530 g/mol. The summed E-state index contributed by atoms with van der Waals surface area (Å²) in [5.74, 6) is 1.44. The van der Waals surface area contributed by atoms with Crippen molar-refractivity contribution in [1.29, 1.82) is 0 Å². The topological polar surface area (TPSA) is 105 Å². The highest BCUT2D eigenvalue weighted by Crippen LogP contribution is 2.32. The molecule has 0 unspecified atom stereocenters. The van der Waals surface area contributed by atoms with E-state index in [2.05, 4.69) is 32.0 Å². The summed E-state index contributed by atoms with van der Waals surface area (Å²) in [6.07, 6.45) is 0.113. The number of para-hydroxylation sites is 2. The number of ether oxygens (including phenoxy) is 1. The van der Waals surface area contributed by atoms with Crippen LogP contribution in [0.4, 0.5) is 10.5 Å². The van der Waals surface area contributed by atoms with Crippen molar-refractivity contribution in [2.24, 2.45) is 0 Å². The molecule has 3 aromatic carbocycles. The molecule has 0 fully saturated rings. The van der Waals surface area contributed by atoms with Crippen molar-refractivity contribution < 1.29 is 14.3 Å². The normalized spacial score (nSPS) is 13.0. The first-order chi connectivity index (χ1) is 20.6. The first-order valence-corrected chi connectivity index (χ1v) is 13.9. The van der Waals surface area contributed by atoms with Crippen LogP contribution in [0.1, 0.15) is 34.5 Å². The molecule has 1 N–H and O–H groups in total. The Morgan fingerprint density at radius 2 is 1.64 bits per heavy atom. The molecule has 0 atom stereocenters. The summed E-state index contributed by atoms with van der Waals surface area (Å²) in [5, 5.41) is 10.6. The molecule has 212 valence electrons. The Kier molecular flexibility index (Phi) is 7.61. The number of pyridine rings is 1. The van der Waals surface area contributed by atoms with Crippen LogP contribution < -0.4 is 10.4 Å². The van der Waals surface area contributed by atoms with Crippen molar-refractivity contribution in [3.63, 3.8) is 0 Å². The zero-order chi connectivity index (χ0) is 29.1. The molecule has 42 heavy (non-hydrogen) atoms. The van der Waals surface area contributed by atoms with Crippen molar-refractivity contribution in [2.75, 3.05) is 18.7 Å². The van der Waals surface area contributed by atoms with Crippen LogP contribution >= 0.6 is 0 Å². The van der Waals surface area contributed by atoms with E-state index in [0.717, 1.165) is 47.3 Å². The highest BCUT2D eigenvalue weighted by Gasteiger charge is 2.28. The van der Waals surface area contributed by atoms with Crippen molar-refractivity contribution in [1.82, 2.24) is 30.1 Å². The number of rotatable bonds is 6. The Morgan fingerprint density at radius 1 is 0.929 bits per heavy atom. The molecular formula is C32H31N7O3. The summed E-state index contributed by atoms with van der Waals surface area (Å²) in [6, 6.07) is 26.3. The van der Waals surface area contributed by atoms with Gasteiger partial charge in [0.1, 0.15) is 11.6 Å². The molecule has 0 aliphatic carbocycles. The first kappa shape index (κ1) is 27.1. The lowest BCUT2D eigenvalue weighted by molar-refractivity contribution is 0.0940. The van der Waals surface area contributed by atoms with E-state index in [1.165, 1.54) is 7.11 Å². The van der Waals surface area contributed by atoms with E-state index >= 15 is 0 Å². The third kappa shape index (κ3) is 5.19. The first-order valence-electron chi connectivity index (χ1n) is 13.9. The minimum Gasteiger partial charge on any atom is -0.451 e. The van der Waals surface area contributed by atoms with Gasteiger partial charge in [0, 0.05) is 42.6 Å². The van der Waals surface area contributed by atoms with Gasteiger partial charge in [-0.3, -0.25) is 15.1 Å². The van der Waals surface area contributed by atoms with Crippen LogP contribution in [-0.4, -0.2) is 50.3 Å². The van der Waals surface area contributed by atoms with Crippen LogP contribution in [0, 0.1) is 0 Å². The number of benzene rings is 3. The summed E-state index contributed by atoms with van der Waals surface area (Å²) >= 11 is 0. The highest BCUT2D eigenvalue weighted by molar-refractivity contribution is 6.10. The largest absolute Gasteiger partial charge is 0.451 e. The Bertz CT molecular complexity index is 1740. The van der Waals surface area contributed by atoms with Gasteiger partial charge >= 0.3 is 6.09 Å². The number of methoxy groups -OCH3 is 1. The monoisotopic (exact) mass is 561 g/mol. The standard InChI is InChI=1S/C32H31N7O3/c1-3-27-34-35-28-21-37(18-19-38(27)28)20-25-29(31(40)36-39(32(41)42-2)23-14-8-5-9-15-23)24-16-10-11-17-26(24)33-30(25)22-12-6-4-7-13-22/h4-17H,3,18-21H2,1-2H3,(H,36,40). The Hall–Kier alpha value is -5.09. The van der Waals surface area contributed by atoms with E-state index in [-0.39, 0.29) is 0 Å². The van der Waals surface area contributed by atoms with Crippen LogP contribution in [0.5, 0.6) is 0 Å². The molecule has 5 aromatic rings. The molecule has 10 nitrogen and oxygen atoms in total. The minimum absolute atomic E-state index is 0.441. The second kappa shape index (κ2) is 11.8. The lowest BCUT2D eigenvalue weighted by Crippen LogP contribution is -2.47. The predicted octanol–water partition coefficient (Wildman–Crippen LogP) is 4.99. The van der Waals surface area contributed by atoms with Crippen LogP contribution in [0.15, 0.2) is 84.9 Å². The number of carbonyl (C=O) groups excluding carboxylic acids is 2. The lowest BCUT2D eigenvalue weighted by atomic mass is 9.95. The van der Waals surface area contributed by atoms with Gasteiger partial charge in [-0.1, -0.05) is 73.7 Å². The third-order valence-corrected chi connectivity index (χ3v) is 7.46. The van der Waals surface area contributed by atoms with Gasteiger partial charge in [0.05, 0.1) is 36.1 Å². The van der Waals surface area contributed by atoms with Crippen molar-refractivity contribution in [2.45, 2.75) is 33.0 Å². The smallest absolute Gasteiger partial charge is 0.433 e. The molecule has 6 rings (SSSR count). The maximum absolute atomic E-state index is 14.3. The van der Waals surface area contributed by atoms with E-state index in [4.69, 9.17) is 9.72 Å². The summed E-state index contributed by atoms with van der Waals surface area (Å²) in [7, 11) is 1.28. The van der Waals surface area contributed by atoms with Crippen molar-refractivity contribution in [3.05, 3.63) is 108 Å². The molecule has 0 saturated carbocycles. The highest BCUT2D eigenvalue weighted by atomic mass is 16.5. The van der Waals surface area contributed by atoms with Gasteiger partial charge in [0.25, 0.3) is 5.91 Å². The molecule has 1 aliphatic rings. The van der Waals surface area contributed by atoms with Crippen molar-refractivity contribution >= 4 is 28.6 Å². The number of aromatic nitrogens is 4. The molecule has 2 amide bonds. The molecule has 0 spiro atoms. The third-order valence-electron chi connectivity index (χ3n) is 7.46. The maximum atomic E-state index is 14.3. The summed E-state index contributed by atoms with van der Waals surface area (Å²) in [5.41, 5.74) is 6.80. The maximum Gasteiger partial charge on any atom is 0.433 e. The Balaban J connectivity index is 1.47. The number of hydrazine groups is 1. The summed E-state index contributed by atoms with van der Waals surface area (Å²) < 4.78 is 7.19. The number of hydrogen-bond donors (Lipinski definition) is 1. The van der Waals surface area contributed by atoms with Crippen LogP contribution in [-0.2, 0) is 30.8 Å². The van der Waals surface area contributed by atoms with E-state index < -0.39 is 12.0 Å². The fraction of sp³-hybridized carbons (Fsp3) is 0.219. The average Bonchev–Trinajstić information content (AvgIpc) is 3.46. The fourth-order valence-corrected chi connectivity index (χ4v) is 5.43. The van der Waals surface area contributed by atoms with E-state index in [1.54, 1.807) is 24.3 Å². The number of hydrogen-bond acceptors (Lipinski definition) is 7. The lowest BCUT2D eigenvalue weighted by Gasteiger charge is -2.30. The van der Waals surface area contributed by atoms with Crippen LogP contribution in [0.25, 0.3) is 22.2 Å². The quantitative estimate of drug-likeness (QED) is 0.291. The van der Waals surface area contributed by atoms with Gasteiger partial charge < -0.3 is 9.30 Å². The summed E-state index contributed by atoms with van der Waals surface area (Å²) in [6.45, 7) is 4.64. The van der Waals surface area contributed by atoms with Gasteiger partial charge in [0.15, 0.2) is 0 Å². The van der Waals surface area contributed by atoms with Gasteiger partial charge in [-0.05, 0) is 18.2 Å². The summed E-state index contributed by atoms with van der Waals surface area (Å²) in [4.78, 5) is 34.5. The van der Waals surface area contributed by atoms with Gasteiger partial charge in [0.2, 0.25) is 0 Å². The number of nitrogens with one attached hydrogen (secondary N) is 1. The zero-order valence-electron chi connectivity index (χ0n) is 23.5. The predicted molar refractivity (Wildman–Crippen MR) is 159 cm³/mol. The van der Waals surface area contributed by atoms with Gasteiger partial charge in [-0.2, -0.15) is 5.01 Å². The number of carbonyl (C=O) groups is 2. The minimum atomic E-state index is -0.708. The number of aryl methyl sites for hydroxylation is 1. The average molecular weight is 562 g/mol. The molecule has 3 heterocycles. The van der Waals surface area contributed by atoms with E-state index in [0.29, 0.717) is 40.9 Å². The molecule has 0 bridgehead atoms. The molecule has 10 heteroatoms. The van der Waals surface area contributed by atoms with Crippen LogP contribution in [0.2, 0.25) is 0 Å². The molecule has 1 aliphatic heterocycles. The van der Waals surface area contributed by atoms with E-state index in [9.17, 15) is 9.59 Å². The van der Waals surface area contributed by atoms with Gasteiger partial charge in [-0.15, -0.1) is 10.2 Å². The molecule has 2 aromatic heterocycles. The number of amides is 2. The van der Waals surface area contributed by atoms with E-state index in [1.807, 2.05) is 60.7 Å². The zero-order valence-corrected chi connectivity index (χ0v) is 23.5. The fourth-order valence-electron chi connectivity index (χ4n) is 5.43. The molecule has 0 radical (unpaired) electrons. The molecule has 0 saturated heterocycles. The van der Waals surface area contributed by atoms with Crippen molar-refractivity contribution in [3.8, 4) is 11.3 Å². The number of fused-ring (bicyclic) bond motifs is 2. The Labute approximate surface area is 243 Å². The SMILES string of the molecule is CCc1nnc2n1CCN(Cc1c(-c3ccccc3)nc3ccccc3c1C(=O)NN(C(=O)OC)c1ccccc1)C2. The van der Waals surface area contributed by atoms with Crippen LogP contribution in [0.3, 0.4) is 0 Å². The second-order valence-electron chi connectivity index (χ2n) is 10.0.